The number of hydrogen-bond acceptors (Lipinski definition) is 1. The van der Waals surface area contributed by atoms with E-state index in [1.165, 1.54) is 18.4 Å². The average Bonchev–Trinajstić information content (AvgIpc) is 2.49. The lowest BCUT2D eigenvalue weighted by atomic mass is 9.79. The van der Waals surface area contributed by atoms with Crippen LogP contribution in [0, 0.1) is 17.3 Å². The summed E-state index contributed by atoms with van der Waals surface area (Å²) in [6.07, 6.45) is 6.88. The Hall–Kier alpha value is -0.590. The minimum atomic E-state index is 0.191. The lowest BCUT2D eigenvalue weighted by Gasteiger charge is -2.26. The first-order valence-corrected chi connectivity index (χ1v) is 5.64. The smallest absolute Gasteiger partial charge is 0.123 e. The van der Waals surface area contributed by atoms with Crippen molar-refractivity contribution in [3.63, 3.8) is 0 Å². The van der Waals surface area contributed by atoms with E-state index >= 15 is 0 Å². The molecule has 14 heavy (non-hydrogen) atoms. The summed E-state index contributed by atoms with van der Waals surface area (Å²) in [5.74, 6) is 0.891. The van der Waals surface area contributed by atoms with Crippen LogP contribution in [0.2, 0.25) is 0 Å². The van der Waals surface area contributed by atoms with Crippen molar-refractivity contribution in [3.8, 4) is 0 Å². The standard InChI is InChI=1S/C13H22O/c1-10(2)13(4)6-5-12(8-13)7-11(3)9-14/h8-11H,5-7H2,1-4H3/t11?,13-/m0/s1. The summed E-state index contributed by atoms with van der Waals surface area (Å²) in [6, 6.07) is 0. The Kier molecular flexibility index (Phi) is 3.52. The Bertz CT molecular complexity index is 240. The summed E-state index contributed by atoms with van der Waals surface area (Å²) in [7, 11) is 0. The second-order valence-electron chi connectivity index (χ2n) is 5.28. The minimum absolute atomic E-state index is 0.191. The lowest BCUT2D eigenvalue weighted by molar-refractivity contribution is -0.110. The molecule has 0 amide bonds. The molecule has 1 heteroatoms. The van der Waals surface area contributed by atoms with Crippen molar-refractivity contribution in [1.29, 1.82) is 0 Å². The number of rotatable bonds is 4. The molecule has 1 nitrogen and oxygen atoms in total. The first-order valence-electron chi connectivity index (χ1n) is 5.64. The summed E-state index contributed by atoms with van der Waals surface area (Å²) in [4.78, 5) is 10.6. The first-order chi connectivity index (χ1) is 6.48. The van der Waals surface area contributed by atoms with E-state index in [0.717, 1.165) is 12.7 Å². The zero-order valence-corrected chi connectivity index (χ0v) is 9.84. The fourth-order valence-electron chi connectivity index (χ4n) is 2.12. The van der Waals surface area contributed by atoms with Gasteiger partial charge in [0.2, 0.25) is 0 Å². The SMILES string of the molecule is CC(C=O)CC1=C[C@@](C)(C(C)C)CC1. The third-order valence-corrected chi connectivity index (χ3v) is 3.65. The number of aldehydes is 1. The van der Waals surface area contributed by atoms with Gasteiger partial charge in [-0.2, -0.15) is 0 Å². The number of carbonyl (C=O) groups excluding carboxylic acids is 1. The van der Waals surface area contributed by atoms with E-state index < -0.39 is 0 Å². The zero-order chi connectivity index (χ0) is 10.8. The number of carbonyl (C=O) groups is 1. The van der Waals surface area contributed by atoms with Gasteiger partial charge in [-0.05, 0) is 30.6 Å². The lowest BCUT2D eigenvalue weighted by Crippen LogP contribution is -2.17. The quantitative estimate of drug-likeness (QED) is 0.493. The van der Waals surface area contributed by atoms with Crippen LogP contribution in [0.3, 0.4) is 0 Å². The van der Waals surface area contributed by atoms with Gasteiger partial charge in [-0.1, -0.05) is 39.3 Å². The maximum absolute atomic E-state index is 10.6. The van der Waals surface area contributed by atoms with Gasteiger partial charge in [-0.15, -0.1) is 0 Å². The number of allylic oxidation sites excluding steroid dienone is 2. The van der Waals surface area contributed by atoms with Crippen molar-refractivity contribution in [1.82, 2.24) is 0 Å². The van der Waals surface area contributed by atoms with E-state index in [1.54, 1.807) is 0 Å². The molecule has 0 aliphatic heterocycles. The Morgan fingerprint density at radius 3 is 2.57 bits per heavy atom. The van der Waals surface area contributed by atoms with Crippen LogP contribution in [0.25, 0.3) is 0 Å². The molecule has 0 spiro atoms. The summed E-state index contributed by atoms with van der Waals surface area (Å²) in [5, 5.41) is 0. The first kappa shape index (κ1) is 11.5. The fourth-order valence-corrected chi connectivity index (χ4v) is 2.12. The van der Waals surface area contributed by atoms with Gasteiger partial charge in [0.05, 0.1) is 0 Å². The molecule has 0 saturated heterocycles. The normalized spacial score (nSPS) is 29.1. The molecule has 1 rings (SSSR count). The van der Waals surface area contributed by atoms with Gasteiger partial charge in [0.1, 0.15) is 6.29 Å². The molecule has 0 fully saturated rings. The van der Waals surface area contributed by atoms with Gasteiger partial charge in [0, 0.05) is 5.92 Å². The fraction of sp³-hybridized carbons (Fsp3) is 0.769. The molecule has 1 aliphatic rings. The molecule has 0 N–H and O–H groups in total. The van der Waals surface area contributed by atoms with Gasteiger partial charge in [-0.25, -0.2) is 0 Å². The molecule has 0 saturated carbocycles. The molecule has 80 valence electrons. The predicted molar refractivity (Wildman–Crippen MR) is 60.1 cm³/mol. The molecule has 0 aromatic rings. The molecule has 0 aromatic carbocycles. The Morgan fingerprint density at radius 2 is 2.14 bits per heavy atom. The van der Waals surface area contributed by atoms with Gasteiger partial charge in [0.15, 0.2) is 0 Å². The maximum atomic E-state index is 10.6. The monoisotopic (exact) mass is 194 g/mol. The highest BCUT2D eigenvalue weighted by atomic mass is 16.1. The van der Waals surface area contributed by atoms with Crippen LogP contribution < -0.4 is 0 Å². The average molecular weight is 194 g/mol. The summed E-state index contributed by atoms with van der Waals surface area (Å²) < 4.78 is 0. The van der Waals surface area contributed by atoms with E-state index in [1.807, 2.05) is 6.92 Å². The highest BCUT2D eigenvalue weighted by molar-refractivity contribution is 5.53. The highest BCUT2D eigenvalue weighted by Crippen LogP contribution is 2.43. The van der Waals surface area contributed by atoms with Gasteiger partial charge in [0.25, 0.3) is 0 Å². The summed E-state index contributed by atoms with van der Waals surface area (Å²) in [6.45, 7) is 8.89. The second kappa shape index (κ2) is 4.29. The van der Waals surface area contributed by atoms with Crippen LogP contribution in [0.4, 0.5) is 0 Å². The topological polar surface area (TPSA) is 17.1 Å². The Balaban J connectivity index is 2.62. The van der Waals surface area contributed by atoms with E-state index in [2.05, 4.69) is 26.8 Å². The van der Waals surface area contributed by atoms with E-state index in [9.17, 15) is 4.79 Å². The zero-order valence-electron chi connectivity index (χ0n) is 9.84. The third kappa shape index (κ3) is 2.46. The molecule has 0 bridgehead atoms. The largest absolute Gasteiger partial charge is 0.303 e. The molecular weight excluding hydrogens is 172 g/mol. The molecule has 0 heterocycles. The van der Waals surface area contributed by atoms with Gasteiger partial charge in [-0.3, -0.25) is 0 Å². The van der Waals surface area contributed by atoms with Crippen molar-refractivity contribution >= 4 is 6.29 Å². The second-order valence-corrected chi connectivity index (χ2v) is 5.28. The van der Waals surface area contributed by atoms with Crippen LogP contribution in [-0.2, 0) is 4.79 Å². The molecule has 1 aliphatic carbocycles. The van der Waals surface area contributed by atoms with Gasteiger partial charge >= 0.3 is 0 Å². The molecule has 0 radical (unpaired) electrons. The van der Waals surface area contributed by atoms with Crippen molar-refractivity contribution in [2.45, 2.75) is 47.0 Å². The molecule has 0 aromatic heterocycles. The maximum Gasteiger partial charge on any atom is 0.123 e. The molecular formula is C13H22O. The summed E-state index contributed by atoms with van der Waals surface area (Å²) >= 11 is 0. The van der Waals surface area contributed by atoms with E-state index in [-0.39, 0.29) is 5.92 Å². The number of hydrogen-bond donors (Lipinski definition) is 0. The minimum Gasteiger partial charge on any atom is -0.303 e. The van der Waals surface area contributed by atoms with E-state index in [4.69, 9.17) is 0 Å². The predicted octanol–water partition coefficient (Wildman–Crippen LogP) is 3.59. The van der Waals surface area contributed by atoms with Crippen molar-refractivity contribution < 1.29 is 4.79 Å². The van der Waals surface area contributed by atoms with Crippen molar-refractivity contribution in [2.24, 2.45) is 17.3 Å². The van der Waals surface area contributed by atoms with Crippen molar-refractivity contribution in [3.05, 3.63) is 11.6 Å². The summed E-state index contributed by atoms with van der Waals surface area (Å²) in [5.41, 5.74) is 1.86. The third-order valence-electron chi connectivity index (χ3n) is 3.65. The van der Waals surface area contributed by atoms with Crippen LogP contribution in [-0.4, -0.2) is 6.29 Å². The Morgan fingerprint density at radius 1 is 1.50 bits per heavy atom. The van der Waals surface area contributed by atoms with Crippen LogP contribution in [0.1, 0.15) is 47.0 Å². The van der Waals surface area contributed by atoms with Crippen LogP contribution >= 0.6 is 0 Å². The van der Waals surface area contributed by atoms with Crippen LogP contribution in [0.15, 0.2) is 11.6 Å². The molecule has 2 atom stereocenters. The highest BCUT2D eigenvalue weighted by Gasteiger charge is 2.31. The van der Waals surface area contributed by atoms with Gasteiger partial charge < -0.3 is 4.79 Å². The molecule has 1 unspecified atom stereocenters. The van der Waals surface area contributed by atoms with Crippen LogP contribution in [0.5, 0.6) is 0 Å². The van der Waals surface area contributed by atoms with E-state index in [0.29, 0.717) is 11.3 Å². The Labute approximate surface area is 87.6 Å². The van der Waals surface area contributed by atoms with Crippen molar-refractivity contribution in [2.75, 3.05) is 0 Å².